The van der Waals surface area contributed by atoms with Crippen LogP contribution in [0.1, 0.15) is 52.4 Å². The van der Waals surface area contributed by atoms with Gasteiger partial charge >= 0.3 is 0 Å². The fourth-order valence-electron chi connectivity index (χ4n) is 1.10. The van der Waals surface area contributed by atoms with Crippen LogP contribution in [0.25, 0.3) is 0 Å². The van der Waals surface area contributed by atoms with Crippen LogP contribution in [-0.4, -0.2) is 6.29 Å². The lowest BCUT2D eigenvalue weighted by atomic mass is 10.0. The molecule has 0 heterocycles. The van der Waals surface area contributed by atoms with Crippen LogP contribution in [0.4, 0.5) is 0 Å². The van der Waals surface area contributed by atoms with E-state index in [1.54, 1.807) is 0 Å². The minimum Gasteiger partial charge on any atom is -0.303 e. The standard InChI is InChI=1S/C10H20O/c1-3-10(2)8-6-4-5-7-9-11/h9-10H,3-8H2,1-2H3/t10-/m0/s1. The van der Waals surface area contributed by atoms with Gasteiger partial charge in [-0.3, -0.25) is 0 Å². The van der Waals surface area contributed by atoms with Gasteiger partial charge in [0.25, 0.3) is 0 Å². The SMILES string of the molecule is CC[C@H](C)CCCCCC=O. The van der Waals surface area contributed by atoms with Crippen LogP contribution >= 0.6 is 0 Å². The van der Waals surface area contributed by atoms with E-state index in [0.717, 1.165) is 25.0 Å². The van der Waals surface area contributed by atoms with Gasteiger partial charge in [-0.05, 0) is 12.3 Å². The second kappa shape index (κ2) is 7.77. The van der Waals surface area contributed by atoms with Crippen LogP contribution in [0.5, 0.6) is 0 Å². The molecule has 11 heavy (non-hydrogen) atoms. The van der Waals surface area contributed by atoms with Crippen molar-refractivity contribution in [2.75, 3.05) is 0 Å². The van der Waals surface area contributed by atoms with Crippen molar-refractivity contribution >= 4 is 6.29 Å². The highest BCUT2D eigenvalue weighted by atomic mass is 16.1. The predicted octanol–water partition coefficient (Wildman–Crippen LogP) is 3.18. The zero-order chi connectivity index (χ0) is 8.53. The van der Waals surface area contributed by atoms with E-state index < -0.39 is 0 Å². The van der Waals surface area contributed by atoms with Crippen molar-refractivity contribution in [1.82, 2.24) is 0 Å². The van der Waals surface area contributed by atoms with Gasteiger partial charge in [0.15, 0.2) is 0 Å². The van der Waals surface area contributed by atoms with Crippen LogP contribution in [0.3, 0.4) is 0 Å². The number of aldehydes is 1. The molecule has 66 valence electrons. The van der Waals surface area contributed by atoms with Crippen molar-refractivity contribution < 1.29 is 4.79 Å². The van der Waals surface area contributed by atoms with Gasteiger partial charge in [0.1, 0.15) is 6.29 Å². The second-order valence-electron chi connectivity index (χ2n) is 3.32. The molecule has 0 aliphatic heterocycles. The highest BCUT2D eigenvalue weighted by Gasteiger charge is 1.97. The molecule has 0 radical (unpaired) electrons. The van der Waals surface area contributed by atoms with Gasteiger partial charge in [-0.1, -0.05) is 39.5 Å². The summed E-state index contributed by atoms with van der Waals surface area (Å²) in [5.41, 5.74) is 0. The Bertz CT molecular complexity index is 88.9. The van der Waals surface area contributed by atoms with E-state index in [2.05, 4.69) is 13.8 Å². The van der Waals surface area contributed by atoms with Crippen molar-refractivity contribution in [3.05, 3.63) is 0 Å². The Morgan fingerprint density at radius 2 is 2.00 bits per heavy atom. The zero-order valence-electron chi connectivity index (χ0n) is 7.81. The Morgan fingerprint density at radius 3 is 2.55 bits per heavy atom. The van der Waals surface area contributed by atoms with Crippen LogP contribution in [0.15, 0.2) is 0 Å². The first-order valence-electron chi connectivity index (χ1n) is 4.74. The van der Waals surface area contributed by atoms with Gasteiger partial charge in [-0.25, -0.2) is 0 Å². The Labute approximate surface area is 70.2 Å². The van der Waals surface area contributed by atoms with Crippen molar-refractivity contribution in [2.24, 2.45) is 5.92 Å². The number of unbranched alkanes of at least 4 members (excludes halogenated alkanes) is 3. The lowest BCUT2D eigenvalue weighted by Gasteiger charge is -2.06. The molecule has 0 aliphatic carbocycles. The fraction of sp³-hybridized carbons (Fsp3) is 0.900. The molecule has 1 heteroatoms. The highest BCUT2D eigenvalue weighted by Crippen LogP contribution is 2.12. The zero-order valence-corrected chi connectivity index (χ0v) is 7.81. The molecule has 0 N–H and O–H groups in total. The van der Waals surface area contributed by atoms with Crippen molar-refractivity contribution in [3.8, 4) is 0 Å². The molecule has 0 saturated heterocycles. The van der Waals surface area contributed by atoms with Crippen molar-refractivity contribution in [1.29, 1.82) is 0 Å². The largest absolute Gasteiger partial charge is 0.303 e. The van der Waals surface area contributed by atoms with E-state index >= 15 is 0 Å². The molecule has 0 amide bonds. The molecule has 0 saturated carbocycles. The fourth-order valence-corrected chi connectivity index (χ4v) is 1.10. The minimum atomic E-state index is 0.751. The maximum absolute atomic E-state index is 9.96. The van der Waals surface area contributed by atoms with Gasteiger partial charge in [0.2, 0.25) is 0 Å². The monoisotopic (exact) mass is 156 g/mol. The number of hydrogen-bond donors (Lipinski definition) is 0. The van der Waals surface area contributed by atoms with E-state index in [-0.39, 0.29) is 0 Å². The Kier molecular flexibility index (Phi) is 7.54. The molecule has 0 spiro atoms. The first kappa shape index (κ1) is 10.7. The molecule has 1 atom stereocenters. The van der Waals surface area contributed by atoms with Crippen LogP contribution in [0, 0.1) is 5.92 Å². The maximum Gasteiger partial charge on any atom is 0.119 e. The lowest BCUT2D eigenvalue weighted by Crippen LogP contribution is -1.91. The van der Waals surface area contributed by atoms with Crippen LogP contribution in [-0.2, 0) is 4.79 Å². The quantitative estimate of drug-likeness (QED) is 0.408. The molecule has 0 fully saturated rings. The number of carbonyl (C=O) groups is 1. The molecular weight excluding hydrogens is 136 g/mol. The molecule has 0 aromatic carbocycles. The Morgan fingerprint density at radius 1 is 1.27 bits per heavy atom. The number of carbonyl (C=O) groups excluding carboxylic acids is 1. The summed E-state index contributed by atoms with van der Waals surface area (Å²) in [5, 5.41) is 0. The van der Waals surface area contributed by atoms with Gasteiger partial charge in [0.05, 0.1) is 0 Å². The predicted molar refractivity (Wildman–Crippen MR) is 48.6 cm³/mol. The van der Waals surface area contributed by atoms with Crippen LogP contribution < -0.4 is 0 Å². The van der Waals surface area contributed by atoms with E-state index in [9.17, 15) is 4.79 Å². The third-order valence-corrected chi connectivity index (χ3v) is 2.22. The van der Waals surface area contributed by atoms with E-state index in [0.29, 0.717) is 0 Å². The summed E-state index contributed by atoms with van der Waals surface area (Å²) in [5.74, 6) is 0.867. The normalized spacial score (nSPS) is 12.9. The van der Waals surface area contributed by atoms with Crippen molar-refractivity contribution in [3.63, 3.8) is 0 Å². The lowest BCUT2D eigenvalue weighted by molar-refractivity contribution is -0.107. The highest BCUT2D eigenvalue weighted by molar-refractivity contribution is 5.48. The average molecular weight is 156 g/mol. The average Bonchev–Trinajstić information content (AvgIpc) is 2.04. The molecule has 0 bridgehead atoms. The Hall–Kier alpha value is -0.330. The summed E-state index contributed by atoms with van der Waals surface area (Å²) in [4.78, 5) is 9.96. The third kappa shape index (κ3) is 7.57. The van der Waals surface area contributed by atoms with E-state index in [4.69, 9.17) is 0 Å². The number of hydrogen-bond acceptors (Lipinski definition) is 1. The smallest absolute Gasteiger partial charge is 0.119 e. The summed E-state index contributed by atoms with van der Waals surface area (Å²) < 4.78 is 0. The minimum absolute atomic E-state index is 0.751. The molecule has 0 aromatic heterocycles. The van der Waals surface area contributed by atoms with Gasteiger partial charge in [-0.15, -0.1) is 0 Å². The van der Waals surface area contributed by atoms with Crippen molar-refractivity contribution in [2.45, 2.75) is 52.4 Å². The summed E-state index contributed by atoms with van der Waals surface area (Å²) in [6, 6.07) is 0. The van der Waals surface area contributed by atoms with Gasteiger partial charge in [-0.2, -0.15) is 0 Å². The summed E-state index contributed by atoms with van der Waals surface area (Å²) in [6.07, 6.45) is 7.98. The van der Waals surface area contributed by atoms with Gasteiger partial charge in [0, 0.05) is 6.42 Å². The molecule has 0 rings (SSSR count). The molecule has 0 unspecified atom stereocenters. The first-order valence-corrected chi connectivity index (χ1v) is 4.74. The van der Waals surface area contributed by atoms with E-state index in [1.165, 1.54) is 25.7 Å². The van der Waals surface area contributed by atoms with Gasteiger partial charge < -0.3 is 4.79 Å². The molecule has 0 aliphatic rings. The second-order valence-corrected chi connectivity index (χ2v) is 3.32. The topological polar surface area (TPSA) is 17.1 Å². The van der Waals surface area contributed by atoms with E-state index in [1.807, 2.05) is 0 Å². The summed E-state index contributed by atoms with van der Waals surface area (Å²) >= 11 is 0. The molecule has 0 aromatic rings. The first-order chi connectivity index (χ1) is 5.31. The number of rotatable bonds is 7. The van der Waals surface area contributed by atoms with Crippen LogP contribution in [0.2, 0.25) is 0 Å². The maximum atomic E-state index is 9.96. The Balaban J connectivity index is 2.95. The third-order valence-electron chi connectivity index (χ3n) is 2.22. The molecular formula is C10H20O. The summed E-state index contributed by atoms with van der Waals surface area (Å²) in [7, 11) is 0. The molecule has 1 nitrogen and oxygen atoms in total. The summed E-state index contributed by atoms with van der Waals surface area (Å²) in [6.45, 7) is 4.52.